The smallest absolute Gasteiger partial charge is 0.225 e. The van der Waals surface area contributed by atoms with E-state index >= 15 is 0 Å². The summed E-state index contributed by atoms with van der Waals surface area (Å²) < 4.78 is 0. The summed E-state index contributed by atoms with van der Waals surface area (Å²) in [6, 6.07) is 0.557. The van der Waals surface area contributed by atoms with Crippen LogP contribution in [0.25, 0.3) is 0 Å². The quantitative estimate of drug-likeness (QED) is 0.820. The lowest BCUT2D eigenvalue weighted by molar-refractivity contribution is 0.408. The van der Waals surface area contributed by atoms with E-state index in [2.05, 4.69) is 21.8 Å². The maximum Gasteiger partial charge on any atom is 0.225 e. The van der Waals surface area contributed by atoms with Crippen LogP contribution in [0, 0.1) is 6.92 Å². The third-order valence-corrected chi connectivity index (χ3v) is 3.18. The predicted molar refractivity (Wildman–Crippen MR) is 65.4 cm³/mol. The van der Waals surface area contributed by atoms with Crippen LogP contribution in [0.4, 0.5) is 5.95 Å². The molecule has 1 saturated heterocycles. The fourth-order valence-corrected chi connectivity index (χ4v) is 2.29. The fraction of sp³-hybridized carbons (Fsp3) is 0.667. The Morgan fingerprint density at radius 1 is 1.38 bits per heavy atom. The van der Waals surface area contributed by atoms with Gasteiger partial charge in [0, 0.05) is 31.0 Å². The van der Waals surface area contributed by atoms with Gasteiger partial charge in [0.05, 0.1) is 0 Å². The zero-order valence-corrected chi connectivity index (χ0v) is 10.1. The van der Waals surface area contributed by atoms with Gasteiger partial charge in [0.1, 0.15) is 0 Å². The number of nitrogens with zero attached hydrogens (tertiary/aromatic N) is 3. The molecule has 2 heterocycles. The Morgan fingerprint density at radius 3 is 2.69 bits per heavy atom. The number of aromatic nitrogens is 2. The van der Waals surface area contributed by atoms with Crippen molar-refractivity contribution in [1.29, 1.82) is 0 Å². The van der Waals surface area contributed by atoms with E-state index in [0.29, 0.717) is 6.04 Å². The summed E-state index contributed by atoms with van der Waals surface area (Å²) in [5, 5.41) is 0. The standard InChI is InChI=1S/C12H20N4/c1-9-7-14-12(15-8-9)16-6-4-3-5-11(16)10(2)13/h7-8,10-11H,3-6,13H2,1-2H3. The van der Waals surface area contributed by atoms with Crippen molar-refractivity contribution in [3.63, 3.8) is 0 Å². The Bertz CT molecular complexity index is 333. The molecule has 0 bridgehead atoms. The van der Waals surface area contributed by atoms with Gasteiger partial charge in [-0.25, -0.2) is 9.97 Å². The number of aryl methyl sites for hydroxylation is 1. The average molecular weight is 220 g/mol. The number of piperidine rings is 1. The Morgan fingerprint density at radius 2 is 2.06 bits per heavy atom. The third-order valence-electron chi connectivity index (χ3n) is 3.18. The minimum Gasteiger partial charge on any atom is -0.336 e. The van der Waals surface area contributed by atoms with Gasteiger partial charge in [-0.05, 0) is 38.7 Å². The SMILES string of the molecule is Cc1cnc(N2CCCCC2C(C)N)nc1. The maximum absolute atomic E-state index is 6.03. The second kappa shape index (κ2) is 4.78. The zero-order valence-electron chi connectivity index (χ0n) is 10.1. The van der Waals surface area contributed by atoms with Gasteiger partial charge < -0.3 is 10.6 Å². The Balaban J connectivity index is 2.19. The molecule has 2 unspecified atom stereocenters. The predicted octanol–water partition coefficient (Wildman–Crippen LogP) is 1.49. The molecular weight excluding hydrogens is 200 g/mol. The normalized spacial score (nSPS) is 23.2. The van der Waals surface area contributed by atoms with E-state index < -0.39 is 0 Å². The molecule has 88 valence electrons. The topological polar surface area (TPSA) is 55.0 Å². The van der Waals surface area contributed by atoms with E-state index in [1.807, 2.05) is 19.3 Å². The molecule has 0 aromatic carbocycles. The van der Waals surface area contributed by atoms with Crippen LogP contribution in [-0.2, 0) is 0 Å². The molecule has 4 heteroatoms. The number of rotatable bonds is 2. The number of anilines is 1. The number of nitrogens with two attached hydrogens (primary N) is 1. The molecule has 1 aliphatic rings. The van der Waals surface area contributed by atoms with Crippen LogP contribution in [-0.4, -0.2) is 28.6 Å². The molecule has 0 saturated carbocycles. The van der Waals surface area contributed by atoms with E-state index in [-0.39, 0.29) is 6.04 Å². The lowest BCUT2D eigenvalue weighted by Gasteiger charge is -2.37. The molecule has 4 nitrogen and oxygen atoms in total. The van der Waals surface area contributed by atoms with Crippen molar-refractivity contribution < 1.29 is 0 Å². The first-order valence-corrected chi connectivity index (χ1v) is 5.99. The van der Waals surface area contributed by atoms with Gasteiger partial charge in [0.2, 0.25) is 5.95 Å². The first-order chi connectivity index (χ1) is 7.68. The minimum atomic E-state index is 0.171. The van der Waals surface area contributed by atoms with E-state index in [0.717, 1.165) is 24.5 Å². The lowest BCUT2D eigenvalue weighted by atomic mass is 9.97. The first-order valence-electron chi connectivity index (χ1n) is 5.99. The largest absolute Gasteiger partial charge is 0.336 e. The van der Waals surface area contributed by atoms with Gasteiger partial charge in [0.15, 0.2) is 0 Å². The van der Waals surface area contributed by atoms with Crippen molar-refractivity contribution in [2.75, 3.05) is 11.4 Å². The summed E-state index contributed by atoms with van der Waals surface area (Å²) in [6.45, 7) is 5.09. The Labute approximate surface area is 96.9 Å². The highest BCUT2D eigenvalue weighted by atomic mass is 15.3. The van der Waals surface area contributed by atoms with Crippen molar-refractivity contribution in [3.8, 4) is 0 Å². The van der Waals surface area contributed by atoms with Crippen molar-refractivity contribution in [2.45, 2.75) is 45.2 Å². The zero-order chi connectivity index (χ0) is 11.5. The second-order valence-electron chi connectivity index (χ2n) is 4.68. The lowest BCUT2D eigenvalue weighted by Crippen LogP contribution is -2.50. The molecule has 1 fully saturated rings. The molecular formula is C12H20N4. The van der Waals surface area contributed by atoms with Crippen LogP contribution in [0.15, 0.2) is 12.4 Å². The first kappa shape index (κ1) is 11.3. The molecule has 2 atom stereocenters. The highest BCUT2D eigenvalue weighted by Crippen LogP contribution is 2.22. The highest BCUT2D eigenvalue weighted by molar-refractivity contribution is 5.33. The van der Waals surface area contributed by atoms with Gasteiger partial charge in [0.25, 0.3) is 0 Å². The van der Waals surface area contributed by atoms with Crippen LogP contribution < -0.4 is 10.6 Å². The summed E-state index contributed by atoms with van der Waals surface area (Å²) in [4.78, 5) is 11.0. The number of hydrogen-bond donors (Lipinski definition) is 1. The highest BCUT2D eigenvalue weighted by Gasteiger charge is 2.26. The minimum absolute atomic E-state index is 0.171. The van der Waals surface area contributed by atoms with Crippen LogP contribution >= 0.6 is 0 Å². The molecule has 16 heavy (non-hydrogen) atoms. The van der Waals surface area contributed by atoms with Crippen molar-refractivity contribution >= 4 is 5.95 Å². The van der Waals surface area contributed by atoms with Crippen molar-refractivity contribution in [1.82, 2.24) is 9.97 Å². The average Bonchev–Trinajstić information content (AvgIpc) is 2.30. The van der Waals surface area contributed by atoms with E-state index in [1.54, 1.807) is 0 Å². The van der Waals surface area contributed by atoms with Crippen LogP contribution in [0.2, 0.25) is 0 Å². The Hall–Kier alpha value is -1.16. The molecule has 2 rings (SSSR count). The van der Waals surface area contributed by atoms with Crippen LogP contribution in [0.1, 0.15) is 31.7 Å². The van der Waals surface area contributed by atoms with Gasteiger partial charge >= 0.3 is 0 Å². The van der Waals surface area contributed by atoms with Gasteiger partial charge in [-0.3, -0.25) is 0 Å². The fourth-order valence-electron chi connectivity index (χ4n) is 2.29. The molecule has 0 aliphatic carbocycles. The van der Waals surface area contributed by atoms with Crippen LogP contribution in [0.3, 0.4) is 0 Å². The molecule has 2 N–H and O–H groups in total. The number of hydrogen-bond acceptors (Lipinski definition) is 4. The molecule has 0 spiro atoms. The van der Waals surface area contributed by atoms with E-state index in [9.17, 15) is 0 Å². The molecule has 1 aromatic rings. The van der Waals surface area contributed by atoms with Gasteiger partial charge in [-0.2, -0.15) is 0 Å². The summed E-state index contributed by atoms with van der Waals surface area (Å²) >= 11 is 0. The van der Waals surface area contributed by atoms with Gasteiger partial charge in [-0.1, -0.05) is 0 Å². The van der Waals surface area contributed by atoms with Crippen molar-refractivity contribution in [3.05, 3.63) is 18.0 Å². The molecule has 0 amide bonds. The van der Waals surface area contributed by atoms with Crippen LogP contribution in [0.5, 0.6) is 0 Å². The van der Waals surface area contributed by atoms with E-state index in [4.69, 9.17) is 5.73 Å². The van der Waals surface area contributed by atoms with Gasteiger partial charge in [-0.15, -0.1) is 0 Å². The monoisotopic (exact) mass is 220 g/mol. The summed E-state index contributed by atoms with van der Waals surface area (Å²) in [6.07, 6.45) is 7.36. The third kappa shape index (κ3) is 2.32. The Kier molecular flexibility index (Phi) is 3.39. The van der Waals surface area contributed by atoms with E-state index in [1.165, 1.54) is 12.8 Å². The van der Waals surface area contributed by atoms with Crippen molar-refractivity contribution in [2.24, 2.45) is 5.73 Å². The summed E-state index contributed by atoms with van der Waals surface area (Å²) in [7, 11) is 0. The second-order valence-corrected chi connectivity index (χ2v) is 4.68. The summed E-state index contributed by atoms with van der Waals surface area (Å²) in [5.41, 5.74) is 7.12. The maximum atomic E-state index is 6.03. The summed E-state index contributed by atoms with van der Waals surface area (Å²) in [5.74, 6) is 0.826. The molecule has 0 radical (unpaired) electrons. The molecule has 1 aliphatic heterocycles. The molecule has 1 aromatic heterocycles.